The second-order valence-corrected chi connectivity index (χ2v) is 5.32. The van der Waals surface area contributed by atoms with Gasteiger partial charge in [0, 0.05) is 32.5 Å². The molecule has 4 nitrogen and oxygen atoms in total. The van der Waals surface area contributed by atoms with Gasteiger partial charge in [-0.1, -0.05) is 13.8 Å². The Bertz CT molecular complexity index is 277. The van der Waals surface area contributed by atoms with Gasteiger partial charge in [0.25, 0.3) is 0 Å². The lowest BCUT2D eigenvalue weighted by Crippen LogP contribution is -2.44. The van der Waals surface area contributed by atoms with Crippen molar-refractivity contribution in [1.82, 2.24) is 10.2 Å². The van der Waals surface area contributed by atoms with Crippen LogP contribution in [0.2, 0.25) is 0 Å². The summed E-state index contributed by atoms with van der Waals surface area (Å²) in [5.41, 5.74) is 0. The molecule has 0 aliphatic carbocycles. The van der Waals surface area contributed by atoms with Crippen molar-refractivity contribution in [3.05, 3.63) is 0 Å². The third-order valence-corrected chi connectivity index (χ3v) is 3.08. The topological polar surface area (TPSA) is 49.4 Å². The maximum atomic E-state index is 11.7. The Balaban J connectivity index is 2.46. The summed E-state index contributed by atoms with van der Waals surface area (Å²) in [5, 5.41) is 3.04. The molecule has 1 unspecified atom stereocenters. The van der Waals surface area contributed by atoms with E-state index in [-0.39, 0.29) is 17.9 Å². The minimum Gasteiger partial charge on any atom is -0.352 e. The highest BCUT2D eigenvalue weighted by molar-refractivity contribution is 5.77. The highest BCUT2D eigenvalue weighted by Gasteiger charge is 2.21. The molecule has 1 saturated heterocycles. The average Bonchev–Trinajstić information content (AvgIpc) is 2.41. The van der Waals surface area contributed by atoms with E-state index in [4.69, 9.17) is 0 Å². The first-order valence-electron chi connectivity index (χ1n) is 6.54. The molecule has 0 aromatic carbocycles. The van der Waals surface area contributed by atoms with Crippen molar-refractivity contribution in [2.45, 2.75) is 52.5 Å². The molecule has 0 bridgehead atoms. The van der Waals surface area contributed by atoms with Crippen molar-refractivity contribution in [1.29, 1.82) is 0 Å². The molecule has 4 heteroatoms. The molecule has 1 aliphatic rings. The molecule has 0 aromatic rings. The van der Waals surface area contributed by atoms with Crippen molar-refractivity contribution in [2.24, 2.45) is 5.92 Å². The first-order valence-corrected chi connectivity index (χ1v) is 6.54. The SMILES string of the molecule is CC(=O)N1CCCCC(NC(=O)CC(C)C)C1. The third-order valence-electron chi connectivity index (χ3n) is 3.08. The summed E-state index contributed by atoms with van der Waals surface area (Å²) in [7, 11) is 0. The van der Waals surface area contributed by atoms with Crippen LogP contribution in [0.4, 0.5) is 0 Å². The summed E-state index contributed by atoms with van der Waals surface area (Å²) in [6.07, 6.45) is 3.66. The van der Waals surface area contributed by atoms with E-state index in [1.807, 2.05) is 18.7 Å². The number of hydrogen-bond acceptors (Lipinski definition) is 2. The quantitative estimate of drug-likeness (QED) is 0.813. The minimum atomic E-state index is 0.106. The highest BCUT2D eigenvalue weighted by atomic mass is 16.2. The van der Waals surface area contributed by atoms with Crippen LogP contribution in [0.5, 0.6) is 0 Å². The highest BCUT2D eigenvalue weighted by Crippen LogP contribution is 2.11. The summed E-state index contributed by atoms with van der Waals surface area (Å²) >= 11 is 0. The zero-order chi connectivity index (χ0) is 12.8. The fourth-order valence-corrected chi connectivity index (χ4v) is 2.20. The summed E-state index contributed by atoms with van der Waals surface area (Å²) in [5.74, 6) is 0.593. The van der Waals surface area contributed by atoms with Crippen LogP contribution < -0.4 is 5.32 Å². The lowest BCUT2D eigenvalue weighted by Gasteiger charge is -2.24. The van der Waals surface area contributed by atoms with Gasteiger partial charge in [0.2, 0.25) is 11.8 Å². The van der Waals surface area contributed by atoms with Gasteiger partial charge in [-0.3, -0.25) is 9.59 Å². The van der Waals surface area contributed by atoms with Gasteiger partial charge in [-0.2, -0.15) is 0 Å². The first-order chi connectivity index (χ1) is 7.99. The molecule has 1 N–H and O–H groups in total. The number of amides is 2. The van der Waals surface area contributed by atoms with Gasteiger partial charge in [0.15, 0.2) is 0 Å². The Morgan fingerprint density at radius 3 is 2.65 bits per heavy atom. The van der Waals surface area contributed by atoms with E-state index in [1.165, 1.54) is 0 Å². The second kappa shape index (κ2) is 6.62. The van der Waals surface area contributed by atoms with Crippen LogP contribution in [0.3, 0.4) is 0 Å². The molecule has 1 atom stereocenters. The summed E-state index contributed by atoms with van der Waals surface area (Å²) in [4.78, 5) is 24.9. The van der Waals surface area contributed by atoms with Crippen LogP contribution in [0.15, 0.2) is 0 Å². The van der Waals surface area contributed by atoms with Crippen LogP contribution in [0, 0.1) is 5.92 Å². The maximum Gasteiger partial charge on any atom is 0.220 e. The average molecular weight is 240 g/mol. The van der Waals surface area contributed by atoms with E-state index >= 15 is 0 Å². The van der Waals surface area contributed by atoms with E-state index in [0.29, 0.717) is 18.9 Å². The Morgan fingerprint density at radius 1 is 1.35 bits per heavy atom. The van der Waals surface area contributed by atoms with E-state index in [0.717, 1.165) is 25.8 Å². The number of carbonyl (C=O) groups is 2. The number of hydrogen-bond donors (Lipinski definition) is 1. The zero-order valence-electron chi connectivity index (χ0n) is 11.2. The van der Waals surface area contributed by atoms with E-state index in [2.05, 4.69) is 5.32 Å². The fourth-order valence-electron chi connectivity index (χ4n) is 2.20. The minimum absolute atomic E-state index is 0.106. The van der Waals surface area contributed by atoms with Crippen LogP contribution in [0.25, 0.3) is 0 Å². The number of carbonyl (C=O) groups excluding carboxylic acids is 2. The molecule has 0 aromatic heterocycles. The van der Waals surface area contributed by atoms with Crippen LogP contribution in [0.1, 0.15) is 46.5 Å². The van der Waals surface area contributed by atoms with Gasteiger partial charge in [0.05, 0.1) is 0 Å². The largest absolute Gasteiger partial charge is 0.352 e. The van der Waals surface area contributed by atoms with Gasteiger partial charge in [-0.25, -0.2) is 0 Å². The maximum absolute atomic E-state index is 11.7. The van der Waals surface area contributed by atoms with Gasteiger partial charge in [0.1, 0.15) is 0 Å². The molecule has 0 spiro atoms. The summed E-state index contributed by atoms with van der Waals surface area (Å²) < 4.78 is 0. The van der Waals surface area contributed by atoms with Crippen LogP contribution in [-0.4, -0.2) is 35.8 Å². The molecule has 1 aliphatic heterocycles. The molecule has 17 heavy (non-hydrogen) atoms. The van der Waals surface area contributed by atoms with Crippen molar-refractivity contribution < 1.29 is 9.59 Å². The number of rotatable bonds is 3. The Kier molecular flexibility index (Phi) is 5.45. The monoisotopic (exact) mass is 240 g/mol. The van der Waals surface area contributed by atoms with E-state index < -0.39 is 0 Å². The van der Waals surface area contributed by atoms with Crippen LogP contribution >= 0.6 is 0 Å². The lowest BCUT2D eigenvalue weighted by molar-refractivity contribution is -0.130. The number of nitrogens with one attached hydrogen (secondary N) is 1. The summed E-state index contributed by atoms with van der Waals surface area (Å²) in [6.45, 7) is 7.16. The Morgan fingerprint density at radius 2 is 2.06 bits per heavy atom. The van der Waals surface area contributed by atoms with Crippen molar-refractivity contribution in [2.75, 3.05) is 13.1 Å². The molecule has 1 heterocycles. The van der Waals surface area contributed by atoms with Crippen molar-refractivity contribution >= 4 is 11.8 Å². The molecule has 1 rings (SSSR count). The van der Waals surface area contributed by atoms with Gasteiger partial charge < -0.3 is 10.2 Å². The number of likely N-dealkylation sites (tertiary alicyclic amines) is 1. The molecule has 98 valence electrons. The standard InChI is InChI=1S/C13H24N2O2/c1-10(2)8-13(17)14-12-6-4-5-7-15(9-12)11(3)16/h10,12H,4-9H2,1-3H3,(H,14,17). The second-order valence-electron chi connectivity index (χ2n) is 5.32. The smallest absolute Gasteiger partial charge is 0.220 e. The Labute approximate surface area is 104 Å². The summed E-state index contributed by atoms with van der Waals surface area (Å²) in [6, 6.07) is 0.132. The third kappa shape index (κ3) is 5.20. The lowest BCUT2D eigenvalue weighted by atomic mass is 10.1. The predicted octanol–water partition coefficient (Wildman–Crippen LogP) is 1.55. The molecule has 1 fully saturated rings. The van der Waals surface area contributed by atoms with E-state index in [1.54, 1.807) is 6.92 Å². The first kappa shape index (κ1) is 14.0. The Hall–Kier alpha value is -1.06. The molecule has 0 radical (unpaired) electrons. The molecule has 2 amide bonds. The predicted molar refractivity (Wildman–Crippen MR) is 67.5 cm³/mol. The van der Waals surface area contributed by atoms with Gasteiger partial charge in [-0.05, 0) is 25.2 Å². The van der Waals surface area contributed by atoms with Gasteiger partial charge in [-0.15, -0.1) is 0 Å². The number of nitrogens with zero attached hydrogens (tertiary/aromatic N) is 1. The fraction of sp³-hybridized carbons (Fsp3) is 0.846. The van der Waals surface area contributed by atoms with Crippen molar-refractivity contribution in [3.8, 4) is 0 Å². The normalized spacial score (nSPS) is 21.2. The van der Waals surface area contributed by atoms with Gasteiger partial charge >= 0.3 is 0 Å². The van der Waals surface area contributed by atoms with Crippen LogP contribution in [-0.2, 0) is 9.59 Å². The molecular formula is C13H24N2O2. The van der Waals surface area contributed by atoms with E-state index in [9.17, 15) is 9.59 Å². The zero-order valence-corrected chi connectivity index (χ0v) is 11.2. The molecular weight excluding hydrogens is 216 g/mol. The molecule has 0 saturated carbocycles. The van der Waals surface area contributed by atoms with Crippen molar-refractivity contribution in [3.63, 3.8) is 0 Å².